The van der Waals surface area contributed by atoms with Crippen molar-refractivity contribution in [2.45, 2.75) is 38.7 Å². The minimum absolute atomic E-state index is 0. The van der Waals surface area contributed by atoms with E-state index in [1.54, 1.807) is 13.3 Å². The molecule has 1 aromatic rings. The largest absolute Gasteiger partial charge is 0.381 e. The number of methoxy groups -OCH3 is 1. The van der Waals surface area contributed by atoms with Crippen LogP contribution in [0.3, 0.4) is 0 Å². The van der Waals surface area contributed by atoms with Gasteiger partial charge in [0.25, 0.3) is 0 Å². The molecule has 0 atom stereocenters. The summed E-state index contributed by atoms with van der Waals surface area (Å²) in [6.45, 7) is 3.02. The molecule has 5 nitrogen and oxygen atoms in total. The molecule has 0 saturated heterocycles. The topological polar surface area (TPSA) is 72.5 Å². The van der Waals surface area contributed by atoms with Gasteiger partial charge in [0, 0.05) is 19.9 Å². The number of aliphatic imine (C=N–C) groups is 1. The van der Waals surface area contributed by atoms with Gasteiger partial charge in [0.15, 0.2) is 5.96 Å². The van der Waals surface area contributed by atoms with E-state index in [0.717, 1.165) is 38.0 Å². The van der Waals surface area contributed by atoms with E-state index in [4.69, 9.17) is 10.5 Å². The average molecular weight is 404 g/mol. The second-order valence-electron chi connectivity index (χ2n) is 5.79. The molecule has 6 heteroatoms. The van der Waals surface area contributed by atoms with Crippen LogP contribution in [0.15, 0.2) is 29.4 Å². The number of rotatable bonds is 4. The summed E-state index contributed by atoms with van der Waals surface area (Å²) in [5.41, 5.74) is 6.14. The van der Waals surface area contributed by atoms with E-state index in [0.29, 0.717) is 12.1 Å². The maximum atomic E-state index is 5.91. The molecule has 0 amide bonds. The van der Waals surface area contributed by atoms with Crippen LogP contribution in [0.5, 0.6) is 0 Å². The van der Waals surface area contributed by atoms with Gasteiger partial charge in [-0.3, -0.25) is 4.99 Å². The van der Waals surface area contributed by atoms with Gasteiger partial charge in [-0.2, -0.15) is 0 Å². The minimum Gasteiger partial charge on any atom is -0.381 e. The Morgan fingerprint density at radius 3 is 2.76 bits per heavy atom. The molecule has 1 aliphatic carbocycles. The van der Waals surface area contributed by atoms with E-state index in [1.165, 1.54) is 0 Å². The Labute approximate surface area is 143 Å². The molecule has 1 aliphatic rings. The van der Waals surface area contributed by atoms with Crippen LogP contribution in [-0.2, 0) is 4.74 Å². The zero-order valence-electron chi connectivity index (χ0n) is 12.7. The van der Waals surface area contributed by atoms with Gasteiger partial charge in [-0.25, -0.2) is 4.98 Å². The van der Waals surface area contributed by atoms with Crippen LogP contribution in [0.2, 0.25) is 0 Å². The predicted molar refractivity (Wildman–Crippen MR) is 97.1 cm³/mol. The summed E-state index contributed by atoms with van der Waals surface area (Å²) in [5, 5.41) is 3.01. The SMILES string of the molecule is COC1CCC(C)(CN=C(N)Nc2ccccn2)CC1.I. The zero-order chi connectivity index (χ0) is 14.4. The summed E-state index contributed by atoms with van der Waals surface area (Å²) in [7, 11) is 1.79. The first-order valence-corrected chi connectivity index (χ1v) is 7.12. The summed E-state index contributed by atoms with van der Waals surface area (Å²) in [6, 6.07) is 5.65. The Hall–Kier alpha value is -0.890. The van der Waals surface area contributed by atoms with E-state index in [1.807, 2.05) is 18.2 Å². The lowest BCUT2D eigenvalue weighted by atomic mass is 9.75. The molecule has 21 heavy (non-hydrogen) atoms. The molecule has 1 aromatic heterocycles. The van der Waals surface area contributed by atoms with Crippen molar-refractivity contribution in [3.05, 3.63) is 24.4 Å². The van der Waals surface area contributed by atoms with E-state index < -0.39 is 0 Å². The summed E-state index contributed by atoms with van der Waals surface area (Å²) < 4.78 is 5.41. The maximum Gasteiger partial charge on any atom is 0.194 e. The summed E-state index contributed by atoms with van der Waals surface area (Å²) in [5.74, 6) is 1.15. The molecular formula is C15H25IN4O. The fourth-order valence-corrected chi connectivity index (χ4v) is 2.57. The molecule has 1 saturated carbocycles. The fourth-order valence-electron chi connectivity index (χ4n) is 2.57. The monoisotopic (exact) mass is 404 g/mol. The van der Waals surface area contributed by atoms with Crippen LogP contribution in [0.25, 0.3) is 0 Å². The Balaban J connectivity index is 0.00000220. The van der Waals surface area contributed by atoms with Crippen molar-refractivity contribution in [2.75, 3.05) is 19.0 Å². The van der Waals surface area contributed by atoms with E-state index >= 15 is 0 Å². The van der Waals surface area contributed by atoms with Crippen LogP contribution in [0.1, 0.15) is 32.6 Å². The van der Waals surface area contributed by atoms with Crippen molar-refractivity contribution in [3.63, 3.8) is 0 Å². The second kappa shape index (κ2) is 8.53. The van der Waals surface area contributed by atoms with E-state index in [9.17, 15) is 0 Å². The number of pyridine rings is 1. The molecule has 0 spiro atoms. The van der Waals surface area contributed by atoms with Crippen LogP contribution in [-0.4, -0.2) is 30.7 Å². The number of nitrogens with two attached hydrogens (primary N) is 1. The number of anilines is 1. The zero-order valence-corrected chi connectivity index (χ0v) is 15.0. The highest BCUT2D eigenvalue weighted by Crippen LogP contribution is 2.36. The highest BCUT2D eigenvalue weighted by Gasteiger charge is 2.30. The quantitative estimate of drug-likeness (QED) is 0.460. The number of aromatic nitrogens is 1. The lowest BCUT2D eigenvalue weighted by molar-refractivity contribution is 0.0353. The number of guanidine groups is 1. The third-order valence-corrected chi connectivity index (χ3v) is 4.03. The number of ether oxygens (including phenoxy) is 1. The van der Waals surface area contributed by atoms with Gasteiger partial charge in [0.05, 0.1) is 6.10 Å². The molecule has 1 heterocycles. The van der Waals surface area contributed by atoms with Gasteiger partial charge in [0.1, 0.15) is 5.82 Å². The van der Waals surface area contributed by atoms with Gasteiger partial charge in [0.2, 0.25) is 0 Å². The molecule has 0 aromatic carbocycles. The lowest BCUT2D eigenvalue weighted by Crippen LogP contribution is -2.32. The smallest absolute Gasteiger partial charge is 0.194 e. The standard InChI is InChI=1S/C15H24N4O.HI/c1-15(8-6-12(20-2)7-9-15)11-18-14(16)19-13-5-3-4-10-17-13;/h3-5,10,12H,6-9,11H2,1-2H3,(H3,16,17,18,19);1H. The van der Waals surface area contributed by atoms with Gasteiger partial charge < -0.3 is 15.8 Å². The molecule has 0 bridgehead atoms. The fraction of sp³-hybridized carbons (Fsp3) is 0.600. The van der Waals surface area contributed by atoms with Crippen molar-refractivity contribution in [3.8, 4) is 0 Å². The Morgan fingerprint density at radius 2 is 2.19 bits per heavy atom. The predicted octanol–water partition coefficient (Wildman–Crippen LogP) is 3.02. The third-order valence-electron chi connectivity index (χ3n) is 4.03. The minimum atomic E-state index is 0. The molecule has 118 valence electrons. The summed E-state index contributed by atoms with van der Waals surface area (Å²) in [6.07, 6.45) is 6.61. The number of hydrogen-bond acceptors (Lipinski definition) is 3. The summed E-state index contributed by atoms with van der Waals surface area (Å²) >= 11 is 0. The molecule has 0 radical (unpaired) electrons. The highest BCUT2D eigenvalue weighted by molar-refractivity contribution is 14.0. The average Bonchev–Trinajstić information content (AvgIpc) is 2.47. The van der Waals surface area contributed by atoms with Gasteiger partial charge in [-0.15, -0.1) is 24.0 Å². The lowest BCUT2D eigenvalue weighted by Gasteiger charge is -2.35. The molecule has 3 N–H and O–H groups in total. The number of hydrogen-bond donors (Lipinski definition) is 2. The third kappa shape index (κ3) is 5.78. The normalized spacial score (nSPS) is 26.0. The molecule has 2 rings (SSSR count). The molecule has 1 fully saturated rings. The Bertz CT molecular complexity index is 444. The van der Waals surface area contributed by atoms with E-state index in [-0.39, 0.29) is 29.4 Å². The Kier molecular flexibility index (Phi) is 7.37. The van der Waals surface area contributed by atoms with Crippen LogP contribution in [0.4, 0.5) is 5.82 Å². The van der Waals surface area contributed by atoms with Crippen LogP contribution in [0, 0.1) is 5.41 Å². The maximum absolute atomic E-state index is 5.91. The highest BCUT2D eigenvalue weighted by atomic mass is 127. The molecule has 0 aliphatic heterocycles. The summed E-state index contributed by atoms with van der Waals surface area (Å²) in [4.78, 5) is 8.63. The van der Waals surface area contributed by atoms with Crippen molar-refractivity contribution in [2.24, 2.45) is 16.1 Å². The van der Waals surface area contributed by atoms with Crippen LogP contribution >= 0.6 is 24.0 Å². The first-order valence-electron chi connectivity index (χ1n) is 7.12. The first-order chi connectivity index (χ1) is 9.61. The number of halogens is 1. The van der Waals surface area contributed by atoms with Crippen molar-refractivity contribution in [1.29, 1.82) is 0 Å². The molecular weight excluding hydrogens is 379 g/mol. The Morgan fingerprint density at radius 1 is 1.48 bits per heavy atom. The van der Waals surface area contributed by atoms with Crippen molar-refractivity contribution in [1.82, 2.24) is 4.98 Å². The van der Waals surface area contributed by atoms with Gasteiger partial charge in [-0.05, 0) is 43.2 Å². The number of nitrogens with one attached hydrogen (secondary N) is 1. The van der Waals surface area contributed by atoms with Gasteiger partial charge >= 0.3 is 0 Å². The van der Waals surface area contributed by atoms with Gasteiger partial charge in [-0.1, -0.05) is 13.0 Å². The first kappa shape index (κ1) is 18.2. The second-order valence-corrected chi connectivity index (χ2v) is 5.79. The molecule has 0 unspecified atom stereocenters. The van der Waals surface area contributed by atoms with Crippen LogP contribution < -0.4 is 11.1 Å². The van der Waals surface area contributed by atoms with Crippen molar-refractivity contribution < 1.29 is 4.74 Å². The number of nitrogens with zero attached hydrogens (tertiary/aromatic N) is 2. The van der Waals surface area contributed by atoms with E-state index in [2.05, 4.69) is 22.2 Å². The van der Waals surface area contributed by atoms with Crippen molar-refractivity contribution >= 4 is 35.8 Å².